The van der Waals surface area contributed by atoms with Gasteiger partial charge in [0.2, 0.25) is 0 Å². The Hall–Kier alpha value is -0.730. The molecule has 2 rings (SSSR count). The number of para-hydroxylation sites is 1. The molecule has 1 aromatic rings. The Morgan fingerprint density at radius 2 is 2.15 bits per heavy atom. The largest absolute Gasteiger partial charge is 0.367 e. The van der Waals surface area contributed by atoms with Crippen LogP contribution in [0.15, 0.2) is 18.2 Å². The number of nitrogens with zero attached hydrogens (tertiary/aromatic N) is 1. The Balaban J connectivity index is 2.23. The minimum atomic E-state index is 0.647. The van der Waals surface area contributed by atoms with E-state index in [9.17, 15) is 0 Å². The highest BCUT2D eigenvalue weighted by atomic mass is 35.5. The highest BCUT2D eigenvalue weighted by Crippen LogP contribution is 2.35. The number of anilines is 1. The Morgan fingerprint density at radius 1 is 1.30 bits per heavy atom. The van der Waals surface area contributed by atoms with Gasteiger partial charge in [-0.2, -0.15) is 0 Å². The Morgan fingerprint density at radius 3 is 2.90 bits per heavy atom. The topological polar surface area (TPSA) is 15.3 Å². The molecule has 0 spiro atoms. The average molecular weight is 295 g/mol. The molecule has 1 aliphatic heterocycles. The van der Waals surface area contributed by atoms with Crippen molar-refractivity contribution < 1.29 is 0 Å². The summed E-state index contributed by atoms with van der Waals surface area (Å²) >= 11 is 6.53. The fourth-order valence-electron chi connectivity index (χ4n) is 3.14. The van der Waals surface area contributed by atoms with Gasteiger partial charge < -0.3 is 10.2 Å². The normalized spacial score (nSPS) is 19.4. The molecule has 3 heteroatoms. The number of piperidine rings is 1. The van der Waals surface area contributed by atoms with Crippen molar-refractivity contribution in [3.8, 4) is 0 Å². The van der Waals surface area contributed by atoms with Crippen LogP contribution in [0.25, 0.3) is 0 Å². The highest BCUT2D eigenvalue weighted by Gasteiger charge is 2.24. The van der Waals surface area contributed by atoms with Gasteiger partial charge in [-0.1, -0.05) is 37.6 Å². The maximum atomic E-state index is 6.53. The van der Waals surface area contributed by atoms with Crippen molar-refractivity contribution in [2.45, 2.75) is 58.5 Å². The first kappa shape index (κ1) is 15.7. The first-order valence-corrected chi connectivity index (χ1v) is 8.40. The van der Waals surface area contributed by atoms with E-state index in [2.05, 4.69) is 36.2 Å². The van der Waals surface area contributed by atoms with Gasteiger partial charge in [0.15, 0.2) is 0 Å². The van der Waals surface area contributed by atoms with E-state index in [0.29, 0.717) is 6.04 Å². The van der Waals surface area contributed by atoms with Crippen molar-refractivity contribution in [3.63, 3.8) is 0 Å². The smallest absolute Gasteiger partial charge is 0.0643 e. The molecule has 1 fully saturated rings. The Kier molecular flexibility index (Phi) is 6.18. The summed E-state index contributed by atoms with van der Waals surface area (Å²) in [6, 6.07) is 6.96. The van der Waals surface area contributed by atoms with Crippen LogP contribution in [0.1, 0.15) is 51.5 Å². The molecule has 112 valence electrons. The molecule has 0 bridgehead atoms. The molecule has 1 N–H and O–H groups in total. The van der Waals surface area contributed by atoms with Crippen LogP contribution >= 0.6 is 11.6 Å². The van der Waals surface area contributed by atoms with Gasteiger partial charge in [-0.25, -0.2) is 0 Å². The zero-order chi connectivity index (χ0) is 14.4. The van der Waals surface area contributed by atoms with Gasteiger partial charge in [0.1, 0.15) is 0 Å². The van der Waals surface area contributed by atoms with Gasteiger partial charge >= 0.3 is 0 Å². The van der Waals surface area contributed by atoms with Gasteiger partial charge in [-0.3, -0.25) is 0 Å². The molecule has 1 saturated heterocycles. The van der Waals surface area contributed by atoms with Gasteiger partial charge in [0, 0.05) is 19.1 Å². The first-order valence-electron chi connectivity index (χ1n) is 8.02. The van der Waals surface area contributed by atoms with Crippen molar-refractivity contribution in [3.05, 3.63) is 28.8 Å². The van der Waals surface area contributed by atoms with Crippen molar-refractivity contribution >= 4 is 17.3 Å². The van der Waals surface area contributed by atoms with E-state index in [4.69, 9.17) is 11.6 Å². The first-order chi connectivity index (χ1) is 9.77. The lowest BCUT2D eigenvalue weighted by molar-refractivity contribution is 0.448. The van der Waals surface area contributed by atoms with E-state index in [0.717, 1.165) is 31.1 Å². The summed E-state index contributed by atoms with van der Waals surface area (Å²) in [7, 11) is 0. The third-order valence-corrected chi connectivity index (χ3v) is 4.50. The van der Waals surface area contributed by atoms with Crippen LogP contribution in [0.3, 0.4) is 0 Å². The summed E-state index contributed by atoms with van der Waals surface area (Å²) in [4.78, 5) is 2.55. The van der Waals surface area contributed by atoms with Crippen molar-refractivity contribution in [1.29, 1.82) is 0 Å². The van der Waals surface area contributed by atoms with E-state index in [1.807, 2.05) is 6.07 Å². The quantitative estimate of drug-likeness (QED) is 0.771. The Bertz CT molecular complexity index is 419. The lowest BCUT2D eigenvalue weighted by Crippen LogP contribution is -2.40. The fraction of sp³-hybridized carbons (Fsp3) is 0.647. The van der Waals surface area contributed by atoms with Gasteiger partial charge in [-0.05, 0) is 50.3 Å². The molecule has 1 unspecified atom stereocenters. The molecule has 1 aliphatic rings. The zero-order valence-electron chi connectivity index (χ0n) is 12.8. The average Bonchev–Trinajstić information content (AvgIpc) is 2.48. The predicted octanol–water partition coefficient (Wildman–Crippen LogP) is 4.61. The summed E-state index contributed by atoms with van der Waals surface area (Å²) in [5.41, 5.74) is 2.61. The third-order valence-electron chi connectivity index (χ3n) is 4.20. The molecule has 0 amide bonds. The maximum absolute atomic E-state index is 6.53. The number of halogens is 1. The molecule has 0 radical (unpaired) electrons. The van der Waals surface area contributed by atoms with Crippen LogP contribution < -0.4 is 10.2 Å². The predicted molar refractivity (Wildman–Crippen MR) is 88.7 cm³/mol. The highest BCUT2D eigenvalue weighted by molar-refractivity contribution is 6.33. The summed E-state index contributed by atoms with van der Waals surface area (Å²) in [6.07, 6.45) is 6.29. The molecular formula is C17H27ClN2. The van der Waals surface area contributed by atoms with Gasteiger partial charge in [0.05, 0.1) is 10.7 Å². The molecule has 1 heterocycles. The maximum Gasteiger partial charge on any atom is 0.0643 e. The number of hydrogen-bond acceptors (Lipinski definition) is 2. The molecule has 0 aromatic heterocycles. The Labute approximate surface area is 128 Å². The monoisotopic (exact) mass is 294 g/mol. The number of benzene rings is 1. The second kappa shape index (κ2) is 7.90. The van der Waals surface area contributed by atoms with Crippen LogP contribution in [0.5, 0.6) is 0 Å². The van der Waals surface area contributed by atoms with Crippen LogP contribution in [0, 0.1) is 0 Å². The third kappa shape index (κ3) is 3.67. The lowest BCUT2D eigenvalue weighted by Gasteiger charge is -2.39. The van der Waals surface area contributed by atoms with Crippen molar-refractivity contribution in [1.82, 2.24) is 5.32 Å². The van der Waals surface area contributed by atoms with Crippen LogP contribution in [0.4, 0.5) is 5.69 Å². The molecule has 20 heavy (non-hydrogen) atoms. The SMILES string of the molecule is CCCNCc1cccc(Cl)c1N1CCCCC1CC. The van der Waals surface area contributed by atoms with Crippen molar-refractivity contribution in [2.75, 3.05) is 18.0 Å². The fourth-order valence-corrected chi connectivity index (χ4v) is 3.45. The standard InChI is InChI=1S/C17H27ClN2/c1-3-11-19-13-14-8-7-10-16(18)17(14)20-12-6-5-9-15(20)4-2/h7-8,10,15,19H,3-6,9,11-13H2,1-2H3. The van der Waals surface area contributed by atoms with Crippen molar-refractivity contribution in [2.24, 2.45) is 0 Å². The van der Waals surface area contributed by atoms with Crippen LogP contribution in [0.2, 0.25) is 5.02 Å². The summed E-state index contributed by atoms with van der Waals surface area (Å²) in [5.74, 6) is 0. The van der Waals surface area contributed by atoms with Crippen LogP contribution in [-0.2, 0) is 6.54 Å². The summed E-state index contributed by atoms with van der Waals surface area (Å²) in [5, 5.41) is 4.41. The van der Waals surface area contributed by atoms with E-state index in [-0.39, 0.29) is 0 Å². The zero-order valence-corrected chi connectivity index (χ0v) is 13.5. The van der Waals surface area contributed by atoms with Gasteiger partial charge in [-0.15, -0.1) is 0 Å². The molecule has 0 aliphatic carbocycles. The van der Waals surface area contributed by atoms with E-state index in [1.54, 1.807) is 0 Å². The summed E-state index contributed by atoms with van der Waals surface area (Å²) in [6.45, 7) is 7.60. The molecule has 1 aromatic carbocycles. The van der Waals surface area contributed by atoms with E-state index in [1.165, 1.54) is 36.9 Å². The lowest BCUT2D eigenvalue weighted by atomic mass is 9.98. The number of nitrogens with one attached hydrogen (secondary N) is 1. The number of rotatable bonds is 6. The molecular weight excluding hydrogens is 268 g/mol. The van der Waals surface area contributed by atoms with E-state index >= 15 is 0 Å². The minimum Gasteiger partial charge on any atom is -0.367 e. The minimum absolute atomic E-state index is 0.647. The van der Waals surface area contributed by atoms with Crippen LogP contribution in [-0.4, -0.2) is 19.1 Å². The summed E-state index contributed by atoms with van der Waals surface area (Å²) < 4.78 is 0. The molecule has 0 saturated carbocycles. The van der Waals surface area contributed by atoms with Gasteiger partial charge in [0.25, 0.3) is 0 Å². The number of hydrogen-bond donors (Lipinski definition) is 1. The molecule has 2 nitrogen and oxygen atoms in total. The molecule has 1 atom stereocenters. The second-order valence-corrected chi connectivity index (χ2v) is 6.08. The second-order valence-electron chi connectivity index (χ2n) is 5.68. The van der Waals surface area contributed by atoms with E-state index < -0.39 is 0 Å².